The van der Waals surface area contributed by atoms with Gasteiger partial charge in [0.15, 0.2) is 0 Å². The molecule has 0 bridgehead atoms. The fraction of sp³-hybridized carbons (Fsp3) is 0.647. The van der Waals surface area contributed by atoms with E-state index in [1.54, 1.807) is 0 Å². The van der Waals surface area contributed by atoms with Crippen LogP contribution in [-0.4, -0.2) is 6.04 Å². The van der Waals surface area contributed by atoms with Crippen LogP contribution in [0.4, 0.5) is 0 Å². The zero-order valence-corrected chi connectivity index (χ0v) is 13.4. The third-order valence-corrected chi connectivity index (χ3v) is 4.41. The van der Waals surface area contributed by atoms with Crippen LogP contribution >= 0.6 is 0 Å². The van der Waals surface area contributed by atoms with Crippen molar-refractivity contribution in [1.82, 2.24) is 5.43 Å². The van der Waals surface area contributed by atoms with Crippen molar-refractivity contribution in [2.45, 2.75) is 60.4 Å². The molecule has 2 heteroatoms. The van der Waals surface area contributed by atoms with Gasteiger partial charge in [-0.3, -0.25) is 11.3 Å². The Labute approximate surface area is 118 Å². The quantitative estimate of drug-likeness (QED) is 0.626. The molecule has 108 valence electrons. The van der Waals surface area contributed by atoms with E-state index in [4.69, 9.17) is 5.84 Å². The summed E-state index contributed by atoms with van der Waals surface area (Å²) in [5, 5.41) is 0. The number of rotatable bonds is 5. The minimum atomic E-state index is 0.332. The second-order valence-corrected chi connectivity index (χ2v) is 6.99. The highest BCUT2D eigenvalue weighted by Crippen LogP contribution is 2.29. The Morgan fingerprint density at radius 3 is 2.26 bits per heavy atom. The topological polar surface area (TPSA) is 38.0 Å². The summed E-state index contributed by atoms with van der Waals surface area (Å²) < 4.78 is 0. The molecule has 0 amide bonds. The van der Waals surface area contributed by atoms with E-state index < -0.39 is 0 Å². The van der Waals surface area contributed by atoms with Crippen LogP contribution in [0.15, 0.2) is 18.2 Å². The van der Waals surface area contributed by atoms with Crippen LogP contribution in [0.25, 0.3) is 0 Å². The third-order valence-electron chi connectivity index (χ3n) is 4.41. The second-order valence-electron chi connectivity index (χ2n) is 6.99. The predicted molar refractivity (Wildman–Crippen MR) is 84.0 cm³/mol. The van der Waals surface area contributed by atoms with Crippen LogP contribution in [0.3, 0.4) is 0 Å². The third kappa shape index (κ3) is 4.96. The molecular formula is C17H30N2. The zero-order valence-electron chi connectivity index (χ0n) is 13.4. The highest BCUT2D eigenvalue weighted by atomic mass is 15.2. The highest BCUT2D eigenvalue weighted by molar-refractivity contribution is 5.30. The molecule has 2 atom stereocenters. The number of nitrogens with two attached hydrogens (primary N) is 1. The van der Waals surface area contributed by atoms with Crippen molar-refractivity contribution in [2.24, 2.45) is 17.2 Å². The smallest absolute Gasteiger partial charge is 0.0253 e. The van der Waals surface area contributed by atoms with Gasteiger partial charge in [-0.2, -0.15) is 0 Å². The first kappa shape index (κ1) is 16.2. The number of aryl methyl sites for hydroxylation is 2. The summed E-state index contributed by atoms with van der Waals surface area (Å²) in [4.78, 5) is 0. The average Bonchev–Trinajstić information content (AvgIpc) is 2.31. The van der Waals surface area contributed by atoms with Crippen LogP contribution in [0, 0.1) is 25.2 Å². The van der Waals surface area contributed by atoms with Crippen molar-refractivity contribution in [1.29, 1.82) is 0 Å². The number of nitrogens with one attached hydrogen (secondary N) is 1. The van der Waals surface area contributed by atoms with E-state index in [2.05, 4.69) is 65.2 Å². The molecular weight excluding hydrogens is 232 g/mol. The summed E-state index contributed by atoms with van der Waals surface area (Å²) >= 11 is 0. The van der Waals surface area contributed by atoms with E-state index in [0.29, 0.717) is 17.4 Å². The molecule has 0 aliphatic carbocycles. The lowest BCUT2D eigenvalue weighted by atomic mass is 9.78. The van der Waals surface area contributed by atoms with Crippen molar-refractivity contribution < 1.29 is 0 Å². The van der Waals surface area contributed by atoms with E-state index in [1.807, 2.05) is 0 Å². The van der Waals surface area contributed by atoms with Crippen molar-refractivity contribution in [3.05, 3.63) is 34.9 Å². The molecule has 1 aromatic rings. The number of benzene rings is 1. The van der Waals surface area contributed by atoms with E-state index in [1.165, 1.54) is 16.7 Å². The van der Waals surface area contributed by atoms with Gasteiger partial charge >= 0.3 is 0 Å². The first-order valence-corrected chi connectivity index (χ1v) is 7.26. The molecule has 0 heterocycles. The molecule has 0 fully saturated rings. The van der Waals surface area contributed by atoms with Crippen LogP contribution < -0.4 is 11.3 Å². The van der Waals surface area contributed by atoms with Gasteiger partial charge in [-0.25, -0.2) is 0 Å². The second kappa shape index (κ2) is 6.53. The summed E-state index contributed by atoms with van der Waals surface area (Å²) in [6.45, 7) is 13.5. The fourth-order valence-electron chi connectivity index (χ4n) is 2.21. The molecule has 0 saturated carbocycles. The van der Waals surface area contributed by atoms with Crippen LogP contribution in [-0.2, 0) is 6.42 Å². The summed E-state index contributed by atoms with van der Waals surface area (Å²) in [6.07, 6.45) is 2.10. The minimum Gasteiger partial charge on any atom is -0.271 e. The average molecular weight is 262 g/mol. The van der Waals surface area contributed by atoms with Gasteiger partial charge in [-0.05, 0) is 54.7 Å². The number of hydrogen-bond acceptors (Lipinski definition) is 2. The van der Waals surface area contributed by atoms with Gasteiger partial charge < -0.3 is 0 Å². The van der Waals surface area contributed by atoms with E-state index in [0.717, 1.165) is 12.8 Å². The summed E-state index contributed by atoms with van der Waals surface area (Å²) in [6, 6.07) is 7.04. The Balaban J connectivity index is 2.69. The van der Waals surface area contributed by atoms with Crippen molar-refractivity contribution >= 4 is 0 Å². The van der Waals surface area contributed by atoms with E-state index in [-0.39, 0.29) is 0 Å². The van der Waals surface area contributed by atoms with Crippen LogP contribution in [0.5, 0.6) is 0 Å². The Bertz CT molecular complexity index is 404. The molecule has 0 saturated heterocycles. The molecule has 1 rings (SSSR count). The van der Waals surface area contributed by atoms with Gasteiger partial charge in [0.25, 0.3) is 0 Å². The Hall–Kier alpha value is -0.860. The van der Waals surface area contributed by atoms with E-state index in [9.17, 15) is 0 Å². The molecule has 0 spiro atoms. The van der Waals surface area contributed by atoms with Gasteiger partial charge in [0.2, 0.25) is 0 Å². The summed E-state index contributed by atoms with van der Waals surface area (Å²) in [7, 11) is 0. The van der Waals surface area contributed by atoms with Crippen molar-refractivity contribution in [2.75, 3.05) is 0 Å². The standard InChI is InChI=1S/C17H30N2/c1-12-7-8-15(9-13(12)2)11-16(19-18)10-14(3)17(4,5)6/h7-9,14,16,19H,10-11,18H2,1-6H3. The van der Waals surface area contributed by atoms with Gasteiger partial charge in [-0.1, -0.05) is 45.9 Å². The highest BCUT2D eigenvalue weighted by Gasteiger charge is 2.23. The lowest BCUT2D eigenvalue weighted by Gasteiger charge is -2.30. The van der Waals surface area contributed by atoms with Gasteiger partial charge in [-0.15, -0.1) is 0 Å². The number of hydrogen-bond donors (Lipinski definition) is 2. The minimum absolute atomic E-state index is 0.332. The first-order chi connectivity index (χ1) is 8.74. The molecule has 0 aromatic heterocycles. The van der Waals surface area contributed by atoms with Crippen molar-refractivity contribution in [3.63, 3.8) is 0 Å². The lowest BCUT2D eigenvalue weighted by Crippen LogP contribution is -2.39. The predicted octanol–water partition coefficient (Wildman–Crippen LogP) is 3.75. The summed E-state index contributed by atoms with van der Waals surface area (Å²) in [5.41, 5.74) is 7.40. The maximum absolute atomic E-state index is 5.73. The monoisotopic (exact) mass is 262 g/mol. The van der Waals surface area contributed by atoms with E-state index >= 15 is 0 Å². The molecule has 3 N–H and O–H groups in total. The van der Waals surface area contributed by atoms with Gasteiger partial charge in [0, 0.05) is 6.04 Å². The SMILES string of the molecule is Cc1ccc(CC(CC(C)C(C)(C)C)NN)cc1C. The summed E-state index contributed by atoms with van der Waals surface area (Å²) in [5.74, 6) is 6.37. The largest absolute Gasteiger partial charge is 0.271 e. The molecule has 0 radical (unpaired) electrons. The normalized spacial score (nSPS) is 15.3. The maximum Gasteiger partial charge on any atom is 0.0253 e. The maximum atomic E-state index is 5.73. The molecule has 0 aliphatic rings. The Kier molecular flexibility index (Phi) is 5.57. The fourth-order valence-corrected chi connectivity index (χ4v) is 2.21. The molecule has 1 aromatic carbocycles. The molecule has 0 aliphatic heterocycles. The molecule has 2 nitrogen and oxygen atoms in total. The Morgan fingerprint density at radius 1 is 1.16 bits per heavy atom. The number of hydrazine groups is 1. The van der Waals surface area contributed by atoms with Crippen LogP contribution in [0.2, 0.25) is 0 Å². The zero-order chi connectivity index (χ0) is 14.6. The first-order valence-electron chi connectivity index (χ1n) is 7.26. The molecule has 19 heavy (non-hydrogen) atoms. The Morgan fingerprint density at radius 2 is 1.79 bits per heavy atom. The van der Waals surface area contributed by atoms with Gasteiger partial charge in [0.1, 0.15) is 0 Å². The lowest BCUT2D eigenvalue weighted by molar-refractivity contribution is 0.222. The van der Waals surface area contributed by atoms with Crippen molar-refractivity contribution in [3.8, 4) is 0 Å². The van der Waals surface area contributed by atoms with Gasteiger partial charge in [0.05, 0.1) is 0 Å². The van der Waals surface area contributed by atoms with Crippen LogP contribution in [0.1, 0.15) is 50.8 Å². The molecule has 2 unspecified atom stereocenters.